The first-order chi connectivity index (χ1) is 14.3. The molecule has 0 N–H and O–H groups in total. The summed E-state index contributed by atoms with van der Waals surface area (Å²) in [5.74, 6) is 0.723. The number of ether oxygens (including phenoxy) is 1. The fraction of sp³-hybridized carbons (Fsp3) is 0.750. The summed E-state index contributed by atoms with van der Waals surface area (Å²) in [5.41, 5.74) is 1.33. The average molecular weight is 420 g/mol. The third-order valence-corrected chi connectivity index (χ3v) is 7.19. The summed E-state index contributed by atoms with van der Waals surface area (Å²) < 4.78 is 6.08. The first-order valence-electron chi connectivity index (χ1n) is 11.8. The molecule has 162 valence electrons. The zero-order valence-corrected chi connectivity index (χ0v) is 18.7. The van der Waals surface area contributed by atoms with E-state index in [4.69, 9.17) is 16.3 Å². The van der Waals surface area contributed by atoms with Crippen LogP contribution in [0.2, 0.25) is 5.02 Å². The molecule has 3 aliphatic heterocycles. The van der Waals surface area contributed by atoms with Gasteiger partial charge >= 0.3 is 0 Å². The molecule has 3 aliphatic rings. The molecule has 0 spiro atoms. The number of benzene rings is 1. The maximum absolute atomic E-state index is 6.15. The van der Waals surface area contributed by atoms with E-state index in [0.29, 0.717) is 0 Å². The van der Waals surface area contributed by atoms with Gasteiger partial charge in [0.25, 0.3) is 0 Å². The Morgan fingerprint density at radius 3 is 2.72 bits per heavy atom. The van der Waals surface area contributed by atoms with E-state index in [2.05, 4.69) is 32.9 Å². The second-order valence-electron chi connectivity index (χ2n) is 9.29. The molecule has 3 fully saturated rings. The molecule has 0 amide bonds. The summed E-state index contributed by atoms with van der Waals surface area (Å²) in [4.78, 5) is 7.94. The fourth-order valence-electron chi connectivity index (χ4n) is 5.32. The lowest BCUT2D eigenvalue weighted by Crippen LogP contribution is -2.56. The monoisotopic (exact) mass is 419 g/mol. The van der Waals surface area contributed by atoms with Gasteiger partial charge in [-0.25, -0.2) is 0 Å². The Morgan fingerprint density at radius 2 is 1.86 bits per heavy atom. The molecule has 1 unspecified atom stereocenters. The predicted octanol–water partition coefficient (Wildman–Crippen LogP) is 4.13. The smallest absolute Gasteiger partial charge is 0.0506 e. The normalized spacial score (nSPS) is 27.1. The summed E-state index contributed by atoms with van der Waals surface area (Å²) in [6, 6.07) is 9.04. The van der Waals surface area contributed by atoms with Gasteiger partial charge in [0.2, 0.25) is 0 Å². The van der Waals surface area contributed by atoms with E-state index in [1.54, 1.807) is 0 Å². The van der Waals surface area contributed by atoms with Crippen molar-refractivity contribution >= 4 is 11.6 Å². The summed E-state index contributed by atoms with van der Waals surface area (Å²) in [6.07, 6.45) is 8.02. The van der Waals surface area contributed by atoms with Crippen molar-refractivity contribution in [3.05, 3.63) is 34.9 Å². The quantitative estimate of drug-likeness (QED) is 0.589. The highest BCUT2D eigenvalue weighted by Gasteiger charge is 2.32. The van der Waals surface area contributed by atoms with Crippen LogP contribution in [0.5, 0.6) is 0 Å². The Balaban J connectivity index is 1.11. The number of likely N-dealkylation sites (tertiary alicyclic amines) is 1. The molecule has 4 rings (SSSR count). The Hall–Kier alpha value is -0.650. The van der Waals surface area contributed by atoms with Crippen LogP contribution in [0.4, 0.5) is 0 Å². The molecule has 4 nitrogen and oxygen atoms in total. The average Bonchev–Trinajstić information content (AvgIpc) is 2.74. The number of hydrogen-bond acceptors (Lipinski definition) is 4. The van der Waals surface area contributed by atoms with Gasteiger partial charge in [-0.2, -0.15) is 0 Å². The molecule has 0 aliphatic carbocycles. The van der Waals surface area contributed by atoms with Crippen LogP contribution in [-0.4, -0.2) is 79.8 Å². The molecule has 3 heterocycles. The number of nitrogens with zero attached hydrogens (tertiary/aromatic N) is 3. The van der Waals surface area contributed by atoms with Crippen LogP contribution >= 0.6 is 11.6 Å². The Morgan fingerprint density at radius 1 is 0.966 bits per heavy atom. The maximum Gasteiger partial charge on any atom is 0.0506 e. The van der Waals surface area contributed by atoms with Crippen molar-refractivity contribution in [2.24, 2.45) is 5.92 Å². The minimum atomic E-state index is 0.721. The number of rotatable bonds is 8. The molecule has 0 radical (unpaired) electrons. The van der Waals surface area contributed by atoms with Crippen LogP contribution in [0.15, 0.2) is 24.3 Å². The predicted molar refractivity (Wildman–Crippen MR) is 121 cm³/mol. The van der Waals surface area contributed by atoms with Crippen LogP contribution in [0, 0.1) is 5.92 Å². The van der Waals surface area contributed by atoms with Gasteiger partial charge in [-0.05, 0) is 68.8 Å². The zero-order valence-electron chi connectivity index (χ0n) is 17.9. The van der Waals surface area contributed by atoms with Crippen LogP contribution in [-0.2, 0) is 11.3 Å². The lowest BCUT2D eigenvalue weighted by molar-refractivity contribution is -0.00316. The summed E-state index contributed by atoms with van der Waals surface area (Å²) in [5, 5.41) is 0.845. The molecule has 1 aromatic rings. The SMILES string of the molecule is Clc1cccc(CN2CCN3CC(COCCCN4CCCCC4)CC[C@H]3C2)c1. The fourth-order valence-corrected chi connectivity index (χ4v) is 5.53. The molecule has 0 aromatic heterocycles. The molecule has 5 heteroatoms. The van der Waals surface area contributed by atoms with Crippen LogP contribution < -0.4 is 0 Å². The van der Waals surface area contributed by atoms with Crippen molar-refractivity contribution in [2.45, 2.75) is 51.1 Å². The van der Waals surface area contributed by atoms with Crippen molar-refractivity contribution in [1.82, 2.24) is 14.7 Å². The first-order valence-corrected chi connectivity index (χ1v) is 12.1. The molecule has 3 saturated heterocycles. The first kappa shape index (κ1) is 21.6. The largest absolute Gasteiger partial charge is 0.381 e. The van der Waals surface area contributed by atoms with Gasteiger partial charge in [0.05, 0.1) is 6.61 Å². The van der Waals surface area contributed by atoms with E-state index in [0.717, 1.165) is 43.3 Å². The van der Waals surface area contributed by atoms with Gasteiger partial charge in [-0.1, -0.05) is 30.2 Å². The van der Waals surface area contributed by atoms with E-state index in [1.807, 2.05) is 6.07 Å². The summed E-state index contributed by atoms with van der Waals surface area (Å²) in [6.45, 7) is 11.5. The van der Waals surface area contributed by atoms with Gasteiger partial charge in [0.15, 0.2) is 0 Å². The lowest BCUT2D eigenvalue weighted by atomic mass is 9.91. The van der Waals surface area contributed by atoms with Crippen molar-refractivity contribution in [3.63, 3.8) is 0 Å². The Labute approximate surface area is 182 Å². The van der Waals surface area contributed by atoms with Gasteiger partial charge in [-0.3, -0.25) is 9.80 Å². The van der Waals surface area contributed by atoms with E-state index in [1.165, 1.54) is 83.4 Å². The van der Waals surface area contributed by atoms with Crippen molar-refractivity contribution < 1.29 is 4.74 Å². The summed E-state index contributed by atoms with van der Waals surface area (Å²) in [7, 11) is 0. The minimum Gasteiger partial charge on any atom is -0.381 e. The number of hydrogen-bond donors (Lipinski definition) is 0. The van der Waals surface area contributed by atoms with E-state index in [9.17, 15) is 0 Å². The highest BCUT2D eigenvalue weighted by molar-refractivity contribution is 6.30. The molecular formula is C24H38ClN3O. The van der Waals surface area contributed by atoms with Crippen molar-refractivity contribution in [2.75, 3.05) is 59.0 Å². The third-order valence-electron chi connectivity index (χ3n) is 6.95. The minimum absolute atomic E-state index is 0.721. The van der Waals surface area contributed by atoms with Crippen LogP contribution in [0.25, 0.3) is 0 Å². The molecule has 0 bridgehead atoms. The topological polar surface area (TPSA) is 19.0 Å². The Bertz CT molecular complexity index is 622. The van der Waals surface area contributed by atoms with E-state index in [-0.39, 0.29) is 0 Å². The second kappa shape index (κ2) is 11.1. The zero-order chi connectivity index (χ0) is 19.9. The number of piperidine rings is 2. The highest BCUT2D eigenvalue weighted by Crippen LogP contribution is 2.26. The Kier molecular flexibility index (Phi) is 8.26. The summed E-state index contributed by atoms with van der Waals surface area (Å²) >= 11 is 6.15. The van der Waals surface area contributed by atoms with Gasteiger partial charge in [0, 0.05) is 56.9 Å². The van der Waals surface area contributed by atoms with E-state index >= 15 is 0 Å². The molecule has 2 atom stereocenters. The van der Waals surface area contributed by atoms with Gasteiger partial charge in [-0.15, -0.1) is 0 Å². The standard InChI is InChI=1S/C24H38ClN3O/c25-23-7-4-6-21(16-23)17-27-13-14-28-18-22(8-9-24(28)19-27)20-29-15-5-12-26-10-2-1-3-11-26/h4,6-7,16,22,24H,1-3,5,8-15,17-20H2/t22?,24-/m0/s1. The molecule has 1 aromatic carbocycles. The van der Waals surface area contributed by atoms with Gasteiger partial charge in [0.1, 0.15) is 0 Å². The molecular weight excluding hydrogens is 382 g/mol. The maximum atomic E-state index is 6.15. The van der Waals surface area contributed by atoms with E-state index < -0.39 is 0 Å². The lowest BCUT2D eigenvalue weighted by Gasteiger charge is -2.46. The molecule has 29 heavy (non-hydrogen) atoms. The number of piperazine rings is 1. The molecule has 0 saturated carbocycles. The third kappa shape index (κ3) is 6.67. The van der Waals surface area contributed by atoms with Gasteiger partial charge < -0.3 is 9.64 Å². The number of fused-ring (bicyclic) bond motifs is 1. The number of halogens is 1. The highest BCUT2D eigenvalue weighted by atomic mass is 35.5. The van der Waals surface area contributed by atoms with Crippen LogP contribution in [0.3, 0.4) is 0 Å². The second-order valence-corrected chi connectivity index (χ2v) is 9.72. The van der Waals surface area contributed by atoms with Crippen LogP contribution in [0.1, 0.15) is 44.1 Å². The van der Waals surface area contributed by atoms with Crippen molar-refractivity contribution in [1.29, 1.82) is 0 Å². The van der Waals surface area contributed by atoms with Crippen molar-refractivity contribution in [3.8, 4) is 0 Å².